The van der Waals surface area contributed by atoms with Gasteiger partial charge in [-0.1, -0.05) is 45.9 Å². The molecule has 0 radical (unpaired) electrons. The van der Waals surface area contributed by atoms with Gasteiger partial charge < -0.3 is 5.32 Å². The normalized spacial score (nSPS) is 22.6. The Hall–Kier alpha value is -2.41. The number of anilines is 1. The highest BCUT2D eigenvalue weighted by molar-refractivity contribution is 5.44. The van der Waals surface area contributed by atoms with E-state index in [4.69, 9.17) is 0 Å². The first-order valence-electron chi connectivity index (χ1n) is 10.6. The Kier molecular flexibility index (Phi) is 5.11. The Morgan fingerprint density at radius 2 is 2.14 bits per heavy atom. The SMILES string of the molecule is CC12CC=CC=C1CN(CCCNc1nc(C(C)(C)C)nc3cc(=O)[nH]n13)CC2. The third kappa shape index (κ3) is 4.15. The number of hydrogen-bond acceptors (Lipinski definition) is 5. The molecule has 2 aromatic rings. The van der Waals surface area contributed by atoms with Gasteiger partial charge in [0.1, 0.15) is 5.82 Å². The van der Waals surface area contributed by atoms with Crippen molar-refractivity contribution >= 4 is 11.6 Å². The predicted octanol–water partition coefficient (Wildman–Crippen LogP) is 3.12. The zero-order chi connectivity index (χ0) is 20.6. The fourth-order valence-electron chi connectivity index (χ4n) is 4.13. The van der Waals surface area contributed by atoms with E-state index in [0.29, 0.717) is 17.0 Å². The van der Waals surface area contributed by atoms with Gasteiger partial charge in [0.2, 0.25) is 5.95 Å². The fraction of sp³-hybridized carbons (Fsp3) is 0.591. The first-order valence-corrected chi connectivity index (χ1v) is 10.6. The van der Waals surface area contributed by atoms with Crippen LogP contribution in [0, 0.1) is 5.41 Å². The summed E-state index contributed by atoms with van der Waals surface area (Å²) in [6.07, 6.45) is 10.2. The van der Waals surface area contributed by atoms with E-state index in [1.807, 2.05) is 0 Å². The van der Waals surface area contributed by atoms with Crippen LogP contribution in [-0.2, 0) is 5.41 Å². The van der Waals surface area contributed by atoms with Crippen molar-refractivity contribution in [1.29, 1.82) is 0 Å². The molecule has 1 atom stereocenters. The molecule has 7 heteroatoms. The molecule has 0 aromatic carbocycles. The van der Waals surface area contributed by atoms with Crippen LogP contribution in [0.15, 0.2) is 34.7 Å². The minimum atomic E-state index is -0.186. The predicted molar refractivity (Wildman–Crippen MR) is 116 cm³/mol. The summed E-state index contributed by atoms with van der Waals surface area (Å²) < 4.78 is 1.64. The zero-order valence-corrected chi connectivity index (χ0v) is 18.0. The first-order chi connectivity index (χ1) is 13.7. The summed E-state index contributed by atoms with van der Waals surface area (Å²) in [7, 11) is 0. The van der Waals surface area contributed by atoms with Crippen molar-refractivity contribution < 1.29 is 0 Å². The maximum absolute atomic E-state index is 11.8. The molecule has 1 saturated heterocycles. The summed E-state index contributed by atoms with van der Waals surface area (Å²) in [5.74, 6) is 1.37. The van der Waals surface area contributed by atoms with Crippen LogP contribution in [0.2, 0.25) is 0 Å². The summed E-state index contributed by atoms with van der Waals surface area (Å²) in [5.41, 5.74) is 2.18. The minimum Gasteiger partial charge on any atom is -0.354 e. The minimum absolute atomic E-state index is 0.167. The molecule has 7 nitrogen and oxygen atoms in total. The number of hydrogen-bond donors (Lipinski definition) is 2. The Bertz CT molecular complexity index is 1010. The average Bonchev–Trinajstić information content (AvgIpc) is 3.04. The van der Waals surface area contributed by atoms with Gasteiger partial charge in [-0.2, -0.15) is 4.98 Å². The number of piperidine rings is 1. The number of H-pyrrole nitrogens is 1. The van der Waals surface area contributed by atoms with Gasteiger partial charge in [-0.15, -0.1) is 0 Å². The average molecular weight is 397 g/mol. The van der Waals surface area contributed by atoms with Crippen LogP contribution >= 0.6 is 0 Å². The number of aromatic nitrogens is 4. The monoisotopic (exact) mass is 396 g/mol. The lowest BCUT2D eigenvalue weighted by Gasteiger charge is -2.42. The molecule has 0 saturated carbocycles. The number of nitrogens with one attached hydrogen (secondary N) is 2. The van der Waals surface area contributed by atoms with E-state index in [0.717, 1.165) is 38.4 Å². The van der Waals surface area contributed by atoms with Crippen molar-refractivity contribution in [2.75, 3.05) is 31.5 Å². The lowest BCUT2D eigenvalue weighted by molar-refractivity contribution is 0.179. The molecule has 4 rings (SSSR count). The maximum atomic E-state index is 11.8. The molecule has 0 spiro atoms. The van der Waals surface area contributed by atoms with Gasteiger partial charge in [-0.25, -0.2) is 9.50 Å². The molecule has 1 unspecified atom stereocenters. The molecule has 3 heterocycles. The van der Waals surface area contributed by atoms with Crippen molar-refractivity contribution in [2.45, 2.75) is 52.4 Å². The van der Waals surface area contributed by atoms with Crippen molar-refractivity contribution in [3.63, 3.8) is 0 Å². The Morgan fingerprint density at radius 1 is 1.31 bits per heavy atom. The Balaban J connectivity index is 1.39. The lowest BCUT2D eigenvalue weighted by atomic mass is 9.71. The molecular weight excluding hydrogens is 364 g/mol. The van der Waals surface area contributed by atoms with Crippen molar-refractivity contribution in [1.82, 2.24) is 24.5 Å². The van der Waals surface area contributed by atoms with Crippen LogP contribution < -0.4 is 10.9 Å². The molecule has 2 N–H and O–H groups in total. The van der Waals surface area contributed by atoms with Crippen LogP contribution in [0.25, 0.3) is 5.65 Å². The molecule has 156 valence electrons. The van der Waals surface area contributed by atoms with Gasteiger partial charge >= 0.3 is 0 Å². The largest absolute Gasteiger partial charge is 0.354 e. The van der Waals surface area contributed by atoms with Crippen LogP contribution in [0.4, 0.5) is 5.95 Å². The molecule has 2 aliphatic rings. The van der Waals surface area contributed by atoms with E-state index in [1.165, 1.54) is 18.9 Å². The smallest absolute Gasteiger partial charge is 0.266 e. The maximum Gasteiger partial charge on any atom is 0.266 e. The number of rotatable bonds is 5. The van der Waals surface area contributed by atoms with Gasteiger partial charge in [0, 0.05) is 31.1 Å². The van der Waals surface area contributed by atoms with Crippen molar-refractivity contribution in [3.8, 4) is 0 Å². The third-order valence-corrected chi connectivity index (χ3v) is 6.11. The van der Waals surface area contributed by atoms with Crippen LogP contribution in [0.1, 0.15) is 52.8 Å². The highest BCUT2D eigenvalue weighted by Gasteiger charge is 2.34. The second kappa shape index (κ2) is 7.44. The summed E-state index contributed by atoms with van der Waals surface area (Å²) in [6, 6.07) is 1.51. The molecule has 1 aliphatic heterocycles. The number of aromatic amines is 1. The topological polar surface area (TPSA) is 78.3 Å². The van der Waals surface area contributed by atoms with Crippen LogP contribution in [0.5, 0.6) is 0 Å². The molecule has 1 aliphatic carbocycles. The lowest BCUT2D eigenvalue weighted by Crippen LogP contribution is -2.41. The summed E-state index contributed by atoms with van der Waals surface area (Å²) in [4.78, 5) is 23.5. The molecule has 2 aromatic heterocycles. The summed E-state index contributed by atoms with van der Waals surface area (Å²) >= 11 is 0. The van der Waals surface area contributed by atoms with E-state index in [2.05, 4.69) is 71.2 Å². The van der Waals surface area contributed by atoms with Crippen LogP contribution in [0.3, 0.4) is 0 Å². The summed E-state index contributed by atoms with van der Waals surface area (Å²) in [5, 5.41) is 6.19. The summed E-state index contributed by atoms with van der Waals surface area (Å²) in [6.45, 7) is 12.7. The second-order valence-corrected chi connectivity index (χ2v) is 9.63. The Morgan fingerprint density at radius 3 is 2.93 bits per heavy atom. The number of fused-ring (bicyclic) bond motifs is 2. The third-order valence-electron chi connectivity index (χ3n) is 6.11. The van der Waals surface area contributed by atoms with Gasteiger partial charge in [-0.3, -0.25) is 14.8 Å². The highest BCUT2D eigenvalue weighted by atomic mass is 16.1. The molecule has 29 heavy (non-hydrogen) atoms. The van der Waals surface area contributed by atoms with Gasteiger partial charge in [-0.05, 0) is 36.8 Å². The van der Waals surface area contributed by atoms with E-state index < -0.39 is 0 Å². The van der Waals surface area contributed by atoms with Gasteiger partial charge in [0.25, 0.3) is 5.56 Å². The molecule has 1 fully saturated rings. The molecule has 0 amide bonds. The van der Waals surface area contributed by atoms with Crippen molar-refractivity contribution in [3.05, 3.63) is 46.0 Å². The number of nitrogens with zero attached hydrogens (tertiary/aromatic N) is 4. The number of likely N-dealkylation sites (tertiary alicyclic amines) is 1. The molecular formula is C22H32N6O. The highest BCUT2D eigenvalue weighted by Crippen LogP contribution is 2.41. The Labute approximate surface area is 171 Å². The first kappa shape index (κ1) is 19.9. The van der Waals surface area contributed by atoms with Crippen LogP contribution in [-0.4, -0.2) is 50.7 Å². The van der Waals surface area contributed by atoms with Gasteiger partial charge in [0.15, 0.2) is 5.65 Å². The molecule has 0 bridgehead atoms. The fourth-order valence-corrected chi connectivity index (χ4v) is 4.13. The van der Waals surface area contributed by atoms with Crippen molar-refractivity contribution in [2.24, 2.45) is 5.41 Å². The quantitative estimate of drug-likeness (QED) is 0.759. The zero-order valence-electron chi connectivity index (χ0n) is 18.0. The van der Waals surface area contributed by atoms with E-state index in [9.17, 15) is 4.79 Å². The standard InChI is InChI=1S/C22H32N6O/c1-21(2,3)19-24-17-14-18(29)26-28(17)20(25-19)23-11-7-12-27-13-10-22(4)9-6-5-8-16(22)15-27/h5-6,8,14H,7,9-13,15H2,1-4H3,(H,26,29)(H,23,24,25). The van der Waals surface area contributed by atoms with E-state index in [-0.39, 0.29) is 11.0 Å². The second-order valence-electron chi connectivity index (χ2n) is 9.63. The van der Waals surface area contributed by atoms with E-state index in [1.54, 1.807) is 10.1 Å². The van der Waals surface area contributed by atoms with E-state index >= 15 is 0 Å². The van der Waals surface area contributed by atoms with Gasteiger partial charge in [0.05, 0.1) is 0 Å². The number of allylic oxidation sites excluding steroid dienone is 3.